The number of nitrogens with one attached hydrogen (secondary N) is 1. The Morgan fingerprint density at radius 3 is 2.20 bits per heavy atom. The number of carbonyl (C=O) groups is 1. The molecule has 0 spiro atoms. The minimum absolute atomic E-state index is 0.0688. The van der Waals surface area contributed by atoms with E-state index in [-0.39, 0.29) is 6.03 Å². The molecule has 30 heavy (non-hydrogen) atoms. The quantitative estimate of drug-likeness (QED) is 0.724. The Bertz CT molecular complexity index is 1050. The summed E-state index contributed by atoms with van der Waals surface area (Å²) in [6.45, 7) is 10.6. The topological polar surface area (TPSA) is 79.2 Å². The predicted molar refractivity (Wildman–Crippen MR) is 117 cm³/mol. The van der Waals surface area contributed by atoms with E-state index in [0.717, 1.165) is 28.7 Å². The van der Waals surface area contributed by atoms with Gasteiger partial charge < -0.3 is 15.1 Å². The van der Waals surface area contributed by atoms with Gasteiger partial charge in [-0.3, -0.25) is 0 Å². The first-order valence-electron chi connectivity index (χ1n) is 10.2. The molecule has 0 saturated carbocycles. The lowest BCUT2D eigenvalue weighted by Gasteiger charge is -2.35. The number of hydrogen-bond donors (Lipinski definition) is 1. The van der Waals surface area contributed by atoms with Crippen LogP contribution >= 0.6 is 0 Å². The summed E-state index contributed by atoms with van der Waals surface area (Å²) in [6.07, 6.45) is 0. The molecule has 1 saturated heterocycles. The Morgan fingerprint density at radius 1 is 0.900 bits per heavy atom. The smallest absolute Gasteiger partial charge is 0.321 e. The molecule has 3 aromatic rings. The number of benzene rings is 1. The molecule has 1 N–H and O–H groups in total. The summed E-state index contributed by atoms with van der Waals surface area (Å²) >= 11 is 0. The normalized spacial score (nSPS) is 14.1. The third-order valence-electron chi connectivity index (χ3n) is 5.23. The Balaban J connectivity index is 1.43. The largest absolute Gasteiger partial charge is 0.353 e. The van der Waals surface area contributed by atoms with Gasteiger partial charge in [-0.2, -0.15) is 5.10 Å². The molecule has 0 bridgehead atoms. The fourth-order valence-corrected chi connectivity index (χ4v) is 3.65. The van der Waals surface area contributed by atoms with Crippen LogP contribution in [0.4, 0.5) is 16.3 Å². The van der Waals surface area contributed by atoms with E-state index >= 15 is 0 Å². The van der Waals surface area contributed by atoms with Gasteiger partial charge in [0.1, 0.15) is 11.6 Å². The average Bonchev–Trinajstić information content (AvgIpc) is 3.07. The van der Waals surface area contributed by atoms with Crippen LogP contribution in [0, 0.1) is 27.7 Å². The molecule has 0 atom stereocenters. The van der Waals surface area contributed by atoms with Crippen molar-refractivity contribution in [3.05, 3.63) is 59.2 Å². The fourth-order valence-electron chi connectivity index (χ4n) is 3.65. The van der Waals surface area contributed by atoms with E-state index in [0.29, 0.717) is 32.0 Å². The number of piperazine rings is 1. The Hall–Kier alpha value is -3.42. The van der Waals surface area contributed by atoms with Gasteiger partial charge in [-0.05, 0) is 45.9 Å². The van der Waals surface area contributed by atoms with E-state index < -0.39 is 0 Å². The van der Waals surface area contributed by atoms with Crippen LogP contribution in [0.25, 0.3) is 5.82 Å². The molecule has 0 aliphatic carbocycles. The Morgan fingerprint density at radius 2 is 1.57 bits per heavy atom. The summed E-state index contributed by atoms with van der Waals surface area (Å²) in [5.74, 6) is 2.33. The molecule has 1 aliphatic heterocycles. The van der Waals surface area contributed by atoms with Gasteiger partial charge in [-0.1, -0.05) is 17.7 Å². The summed E-state index contributed by atoms with van der Waals surface area (Å²) in [7, 11) is 0. The van der Waals surface area contributed by atoms with Crippen molar-refractivity contribution in [1.82, 2.24) is 24.6 Å². The SMILES string of the molecule is Cc1ccc(NC(=O)N2CCN(c3cc(-n4nc(C)cc4C)nc(C)n3)CC2)cc1. The lowest BCUT2D eigenvalue weighted by molar-refractivity contribution is 0.208. The average molecular weight is 406 g/mol. The van der Waals surface area contributed by atoms with Gasteiger partial charge in [0.25, 0.3) is 0 Å². The molecule has 156 valence electrons. The van der Waals surface area contributed by atoms with Crippen molar-refractivity contribution in [3.63, 3.8) is 0 Å². The lowest BCUT2D eigenvalue weighted by Crippen LogP contribution is -2.50. The maximum atomic E-state index is 12.6. The van der Waals surface area contributed by atoms with Crippen molar-refractivity contribution in [1.29, 1.82) is 0 Å². The molecule has 1 aromatic carbocycles. The highest BCUT2D eigenvalue weighted by Gasteiger charge is 2.23. The molecule has 0 radical (unpaired) electrons. The lowest BCUT2D eigenvalue weighted by atomic mass is 10.2. The van der Waals surface area contributed by atoms with Gasteiger partial charge in [0.05, 0.1) is 5.69 Å². The summed E-state index contributed by atoms with van der Waals surface area (Å²) in [5, 5.41) is 7.51. The molecule has 0 unspecified atom stereocenters. The number of aryl methyl sites for hydroxylation is 4. The first-order chi connectivity index (χ1) is 14.4. The zero-order valence-corrected chi connectivity index (χ0v) is 17.9. The standard InChI is InChI=1S/C22H27N7O/c1-15-5-7-19(8-6-15)25-22(30)28-11-9-27(10-12-28)20-14-21(24-18(4)23-20)29-17(3)13-16(2)26-29/h5-8,13-14H,9-12H2,1-4H3,(H,25,30). The minimum atomic E-state index is -0.0688. The van der Waals surface area contributed by atoms with Gasteiger partial charge in [0.15, 0.2) is 5.82 Å². The molecule has 2 amide bonds. The fraction of sp³-hybridized carbons (Fsp3) is 0.364. The highest BCUT2D eigenvalue weighted by molar-refractivity contribution is 5.89. The second-order valence-corrected chi connectivity index (χ2v) is 7.74. The maximum absolute atomic E-state index is 12.6. The third-order valence-corrected chi connectivity index (χ3v) is 5.23. The van der Waals surface area contributed by atoms with Crippen LogP contribution in [0.2, 0.25) is 0 Å². The van der Waals surface area contributed by atoms with E-state index in [2.05, 4.69) is 25.3 Å². The number of anilines is 2. The van der Waals surface area contributed by atoms with Crippen LogP contribution in [0.5, 0.6) is 0 Å². The van der Waals surface area contributed by atoms with E-state index in [1.807, 2.05) is 73.7 Å². The molecular weight excluding hydrogens is 378 g/mol. The molecule has 4 rings (SSSR count). The molecule has 1 aliphatic rings. The van der Waals surface area contributed by atoms with E-state index in [1.54, 1.807) is 0 Å². The highest BCUT2D eigenvalue weighted by Crippen LogP contribution is 2.19. The number of hydrogen-bond acceptors (Lipinski definition) is 5. The number of urea groups is 1. The van der Waals surface area contributed by atoms with Gasteiger partial charge >= 0.3 is 6.03 Å². The number of rotatable bonds is 3. The Labute approximate surface area is 176 Å². The molecule has 2 aromatic heterocycles. The summed E-state index contributed by atoms with van der Waals surface area (Å²) in [4.78, 5) is 25.8. The van der Waals surface area contributed by atoms with Gasteiger partial charge in [0.2, 0.25) is 0 Å². The van der Waals surface area contributed by atoms with E-state index in [9.17, 15) is 4.79 Å². The third kappa shape index (κ3) is 4.27. The molecule has 3 heterocycles. The minimum Gasteiger partial charge on any atom is -0.353 e. The molecule has 1 fully saturated rings. The van der Waals surface area contributed by atoms with Crippen LogP contribution in [-0.4, -0.2) is 56.9 Å². The maximum Gasteiger partial charge on any atom is 0.321 e. The van der Waals surface area contributed by atoms with Crippen LogP contribution in [-0.2, 0) is 0 Å². The van der Waals surface area contributed by atoms with Gasteiger partial charge in [-0.15, -0.1) is 0 Å². The second-order valence-electron chi connectivity index (χ2n) is 7.74. The molecule has 8 nitrogen and oxygen atoms in total. The zero-order chi connectivity index (χ0) is 21.3. The van der Waals surface area contributed by atoms with Crippen LogP contribution in [0.15, 0.2) is 36.4 Å². The van der Waals surface area contributed by atoms with Crippen molar-refractivity contribution in [2.24, 2.45) is 0 Å². The number of carbonyl (C=O) groups excluding carboxylic acids is 1. The summed E-state index contributed by atoms with van der Waals surface area (Å²) < 4.78 is 1.85. The number of aromatic nitrogens is 4. The summed E-state index contributed by atoms with van der Waals surface area (Å²) in [6, 6.07) is 11.8. The monoisotopic (exact) mass is 405 g/mol. The van der Waals surface area contributed by atoms with Crippen molar-refractivity contribution >= 4 is 17.5 Å². The summed E-state index contributed by atoms with van der Waals surface area (Å²) in [5.41, 5.74) is 3.98. The molecule has 8 heteroatoms. The van der Waals surface area contributed by atoms with Crippen molar-refractivity contribution in [3.8, 4) is 5.82 Å². The van der Waals surface area contributed by atoms with Crippen LogP contribution in [0.1, 0.15) is 22.8 Å². The van der Waals surface area contributed by atoms with E-state index in [4.69, 9.17) is 0 Å². The van der Waals surface area contributed by atoms with E-state index in [1.165, 1.54) is 5.56 Å². The zero-order valence-electron chi connectivity index (χ0n) is 17.9. The molecular formula is C22H27N7O. The first kappa shape index (κ1) is 19.9. The Kier molecular flexibility index (Phi) is 5.39. The number of nitrogens with zero attached hydrogens (tertiary/aromatic N) is 6. The first-order valence-corrected chi connectivity index (χ1v) is 10.2. The highest BCUT2D eigenvalue weighted by atomic mass is 16.2. The predicted octanol–water partition coefficient (Wildman–Crippen LogP) is 3.25. The second kappa shape index (κ2) is 8.14. The van der Waals surface area contributed by atoms with Crippen molar-refractivity contribution in [2.75, 3.05) is 36.4 Å². The number of amides is 2. The van der Waals surface area contributed by atoms with Gasteiger partial charge in [0, 0.05) is 43.6 Å². The van der Waals surface area contributed by atoms with Gasteiger partial charge in [-0.25, -0.2) is 19.4 Å². The van der Waals surface area contributed by atoms with Crippen LogP contribution in [0.3, 0.4) is 0 Å². The van der Waals surface area contributed by atoms with Crippen molar-refractivity contribution in [2.45, 2.75) is 27.7 Å². The van der Waals surface area contributed by atoms with Crippen molar-refractivity contribution < 1.29 is 4.79 Å². The van der Waals surface area contributed by atoms with Crippen LogP contribution < -0.4 is 10.2 Å².